The van der Waals surface area contributed by atoms with Gasteiger partial charge in [0.25, 0.3) is 5.91 Å². The molecule has 96 valence electrons. The van der Waals surface area contributed by atoms with E-state index in [-0.39, 0.29) is 5.91 Å². The van der Waals surface area contributed by atoms with Crippen molar-refractivity contribution in [2.75, 3.05) is 5.32 Å². The third-order valence-corrected chi connectivity index (χ3v) is 3.31. The van der Waals surface area contributed by atoms with E-state index in [0.717, 1.165) is 22.4 Å². The van der Waals surface area contributed by atoms with Gasteiger partial charge in [0.05, 0.1) is 11.6 Å². The predicted molar refractivity (Wildman–Crippen MR) is 78.8 cm³/mol. The average Bonchev–Trinajstić information content (AvgIpc) is 2.76. The lowest BCUT2D eigenvalue weighted by molar-refractivity contribution is -0.110. The zero-order valence-electron chi connectivity index (χ0n) is 11.0. The number of carbonyl (C=O) groups excluding carboxylic acids is 1. The fraction of sp³-hybridized carbons (Fsp3) is 0.0588. The third kappa shape index (κ3) is 2.08. The molecule has 20 heavy (non-hydrogen) atoms. The molecule has 0 unspecified atom stereocenters. The average molecular weight is 260 g/mol. The monoisotopic (exact) mass is 260 g/mol. The van der Waals surface area contributed by atoms with Crippen LogP contribution in [-0.2, 0) is 4.79 Å². The van der Waals surface area contributed by atoms with Crippen molar-refractivity contribution in [1.82, 2.24) is 0 Å². The Labute approximate surface area is 117 Å². The molecule has 3 nitrogen and oxygen atoms in total. The minimum Gasteiger partial charge on any atom is -0.321 e. The molecule has 0 saturated heterocycles. The molecule has 1 heterocycles. The molecular weight excluding hydrogens is 248 g/mol. The number of hydrogen-bond donors (Lipinski definition) is 1. The lowest BCUT2D eigenvalue weighted by Gasteiger charge is -2.00. The highest BCUT2D eigenvalue weighted by molar-refractivity contribution is 6.34. The summed E-state index contributed by atoms with van der Waals surface area (Å²) in [6.45, 7) is 2.00. The van der Waals surface area contributed by atoms with Gasteiger partial charge in [-0.15, -0.1) is 0 Å². The van der Waals surface area contributed by atoms with Gasteiger partial charge >= 0.3 is 0 Å². The van der Waals surface area contributed by atoms with Crippen LogP contribution in [0.15, 0.2) is 42.5 Å². The van der Waals surface area contributed by atoms with Crippen molar-refractivity contribution in [2.24, 2.45) is 0 Å². The number of rotatable bonds is 1. The topological polar surface area (TPSA) is 52.9 Å². The lowest BCUT2D eigenvalue weighted by Crippen LogP contribution is -2.03. The molecule has 0 spiro atoms. The Kier molecular flexibility index (Phi) is 2.85. The zero-order valence-corrected chi connectivity index (χ0v) is 11.0. The summed E-state index contributed by atoms with van der Waals surface area (Å²) in [5, 5.41) is 11.6. The van der Waals surface area contributed by atoms with Crippen LogP contribution in [0.2, 0.25) is 0 Å². The number of fused-ring (bicyclic) bond motifs is 1. The van der Waals surface area contributed by atoms with E-state index in [4.69, 9.17) is 5.26 Å². The van der Waals surface area contributed by atoms with Crippen LogP contribution in [0, 0.1) is 18.3 Å². The van der Waals surface area contributed by atoms with E-state index in [1.807, 2.05) is 43.3 Å². The highest BCUT2D eigenvalue weighted by atomic mass is 16.2. The molecule has 1 N–H and O–H groups in total. The number of nitrogens with one attached hydrogen (secondary N) is 1. The van der Waals surface area contributed by atoms with Crippen LogP contribution >= 0.6 is 0 Å². The van der Waals surface area contributed by atoms with Gasteiger partial charge in [0.2, 0.25) is 0 Å². The SMILES string of the molecule is Cc1ccc2c(c1)C(=Cc1ccc(C#N)cc1)C(=O)N2. The summed E-state index contributed by atoms with van der Waals surface area (Å²) in [5.74, 6) is -0.0880. The number of aryl methyl sites for hydroxylation is 1. The van der Waals surface area contributed by atoms with Crippen molar-refractivity contribution in [1.29, 1.82) is 5.26 Å². The van der Waals surface area contributed by atoms with E-state index < -0.39 is 0 Å². The minimum atomic E-state index is -0.0880. The number of carbonyl (C=O) groups is 1. The number of nitrogens with zero attached hydrogens (tertiary/aromatic N) is 1. The van der Waals surface area contributed by atoms with Crippen molar-refractivity contribution in [2.45, 2.75) is 6.92 Å². The van der Waals surface area contributed by atoms with Gasteiger partial charge in [-0.1, -0.05) is 23.8 Å². The van der Waals surface area contributed by atoms with Crippen LogP contribution in [0.3, 0.4) is 0 Å². The molecule has 1 aliphatic rings. The molecular formula is C17H12N2O. The normalized spacial score (nSPS) is 14.8. The minimum absolute atomic E-state index is 0.0880. The fourth-order valence-corrected chi connectivity index (χ4v) is 2.27. The van der Waals surface area contributed by atoms with Crippen molar-refractivity contribution < 1.29 is 4.79 Å². The Morgan fingerprint density at radius 3 is 2.60 bits per heavy atom. The Morgan fingerprint density at radius 2 is 1.90 bits per heavy atom. The lowest BCUT2D eigenvalue weighted by atomic mass is 10.0. The fourth-order valence-electron chi connectivity index (χ4n) is 2.27. The van der Waals surface area contributed by atoms with Crippen LogP contribution < -0.4 is 5.32 Å². The van der Waals surface area contributed by atoms with Crippen LogP contribution in [-0.4, -0.2) is 5.91 Å². The van der Waals surface area contributed by atoms with Crippen molar-refractivity contribution in [3.63, 3.8) is 0 Å². The zero-order chi connectivity index (χ0) is 14.1. The molecule has 0 atom stereocenters. The van der Waals surface area contributed by atoms with E-state index >= 15 is 0 Å². The van der Waals surface area contributed by atoms with Crippen LogP contribution in [0.1, 0.15) is 22.3 Å². The second-order valence-corrected chi connectivity index (χ2v) is 4.79. The largest absolute Gasteiger partial charge is 0.321 e. The highest BCUT2D eigenvalue weighted by Crippen LogP contribution is 2.33. The first-order valence-corrected chi connectivity index (χ1v) is 6.31. The number of nitriles is 1. The maximum Gasteiger partial charge on any atom is 0.256 e. The van der Waals surface area contributed by atoms with Gasteiger partial charge in [-0.05, 0) is 42.8 Å². The van der Waals surface area contributed by atoms with Crippen molar-refractivity contribution in [3.8, 4) is 6.07 Å². The summed E-state index contributed by atoms with van der Waals surface area (Å²) in [7, 11) is 0. The number of anilines is 1. The van der Waals surface area contributed by atoms with E-state index in [9.17, 15) is 4.79 Å². The quantitative estimate of drug-likeness (QED) is 0.799. The van der Waals surface area contributed by atoms with Gasteiger partial charge in [0.1, 0.15) is 0 Å². The molecule has 0 aromatic heterocycles. The Hall–Kier alpha value is -2.86. The van der Waals surface area contributed by atoms with Crippen LogP contribution in [0.4, 0.5) is 5.69 Å². The summed E-state index contributed by atoms with van der Waals surface area (Å²) < 4.78 is 0. The Balaban J connectivity index is 2.06. The van der Waals surface area contributed by atoms with Gasteiger partial charge in [-0.3, -0.25) is 4.79 Å². The molecule has 1 aliphatic heterocycles. The first-order valence-electron chi connectivity index (χ1n) is 6.31. The van der Waals surface area contributed by atoms with Gasteiger partial charge in [-0.25, -0.2) is 0 Å². The van der Waals surface area contributed by atoms with Gasteiger partial charge in [0.15, 0.2) is 0 Å². The van der Waals surface area contributed by atoms with Gasteiger partial charge in [-0.2, -0.15) is 5.26 Å². The number of hydrogen-bond acceptors (Lipinski definition) is 2. The second kappa shape index (κ2) is 4.67. The Morgan fingerprint density at radius 1 is 1.15 bits per heavy atom. The van der Waals surface area contributed by atoms with Crippen LogP contribution in [0.5, 0.6) is 0 Å². The molecule has 0 fully saturated rings. The molecule has 1 amide bonds. The predicted octanol–water partition coefficient (Wildman–Crippen LogP) is 3.36. The van der Waals surface area contributed by atoms with Gasteiger partial charge in [0, 0.05) is 16.8 Å². The first-order chi connectivity index (χ1) is 9.67. The molecule has 0 radical (unpaired) electrons. The van der Waals surface area contributed by atoms with Crippen molar-refractivity contribution >= 4 is 23.2 Å². The van der Waals surface area contributed by atoms with Gasteiger partial charge < -0.3 is 5.32 Å². The first kappa shape index (κ1) is 12.2. The van der Waals surface area contributed by atoms with E-state index in [2.05, 4.69) is 11.4 Å². The molecule has 2 aromatic carbocycles. The summed E-state index contributed by atoms with van der Waals surface area (Å²) in [6.07, 6.45) is 1.85. The van der Waals surface area contributed by atoms with E-state index in [1.165, 1.54) is 0 Å². The number of benzene rings is 2. The standard InChI is InChI=1S/C17H12N2O/c1-11-2-7-16-14(8-11)15(17(20)19-16)9-12-3-5-13(10-18)6-4-12/h2-9H,1H3,(H,19,20). The van der Waals surface area contributed by atoms with Crippen LogP contribution in [0.25, 0.3) is 11.6 Å². The molecule has 3 rings (SSSR count). The maximum absolute atomic E-state index is 12.0. The molecule has 3 heteroatoms. The molecule has 0 bridgehead atoms. The summed E-state index contributed by atoms with van der Waals surface area (Å²) in [6, 6.07) is 15.1. The summed E-state index contributed by atoms with van der Waals surface area (Å²) in [5.41, 5.74) is 5.07. The maximum atomic E-state index is 12.0. The molecule has 0 saturated carbocycles. The summed E-state index contributed by atoms with van der Waals surface area (Å²) >= 11 is 0. The van der Waals surface area contributed by atoms with Crippen molar-refractivity contribution in [3.05, 3.63) is 64.7 Å². The number of amides is 1. The summed E-state index contributed by atoms with van der Waals surface area (Å²) in [4.78, 5) is 12.0. The third-order valence-electron chi connectivity index (χ3n) is 3.31. The van der Waals surface area contributed by atoms with E-state index in [1.54, 1.807) is 12.1 Å². The smallest absolute Gasteiger partial charge is 0.256 e. The Bertz CT molecular complexity index is 765. The molecule has 0 aliphatic carbocycles. The van der Waals surface area contributed by atoms with E-state index in [0.29, 0.717) is 11.1 Å². The highest BCUT2D eigenvalue weighted by Gasteiger charge is 2.23. The molecule has 2 aromatic rings. The second-order valence-electron chi connectivity index (χ2n) is 4.79.